The largest absolute Gasteiger partial charge is 0.475 e. The second-order valence-corrected chi connectivity index (χ2v) is 6.11. The third-order valence-corrected chi connectivity index (χ3v) is 4.60. The lowest BCUT2D eigenvalue weighted by Gasteiger charge is -2.28. The van der Waals surface area contributed by atoms with Gasteiger partial charge in [-0.3, -0.25) is 13.6 Å². The van der Waals surface area contributed by atoms with Gasteiger partial charge in [0.25, 0.3) is 0 Å². The number of hydrogen-bond donors (Lipinski definition) is 0. The van der Waals surface area contributed by atoms with E-state index in [1.807, 2.05) is 0 Å². The maximum Gasteiger partial charge on any atom is 0.475 e. The van der Waals surface area contributed by atoms with Crippen molar-refractivity contribution in [3.63, 3.8) is 0 Å². The summed E-state index contributed by atoms with van der Waals surface area (Å²) in [5, 5.41) is 0. The van der Waals surface area contributed by atoms with Crippen LogP contribution in [0.15, 0.2) is 0 Å². The van der Waals surface area contributed by atoms with Gasteiger partial charge in [-0.15, -0.1) is 0 Å². The molecule has 0 amide bonds. The van der Waals surface area contributed by atoms with Crippen molar-refractivity contribution in [2.75, 3.05) is 46.5 Å². The van der Waals surface area contributed by atoms with E-state index in [-0.39, 0.29) is 0 Å². The maximum absolute atomic E-state index is 11.6. The number of hydrogen-bond acceptors (Lipinski definition) is 4. The lowest BCUT2D eigenvalue weighted by Crippen LogP contribution is -2.43. The van der Waals surface area contributed by atoms with Gasteiger partial charge in [0, 0.05) is 12.8 Å². The molecular weight excluding hydrogens is 217 g/mol. The highest BCUT2D eigenvalue weighted by Crippen LogP contribution is 2.52. The molecule has 2 rings (SSSR count). The summed E-state index contributed by atoms with van der Waals surface area (Å²) in [5.74, 6) is 0. The van der Waals surface area contributed by atoms with E-state index in [1.54, 1.807) is 0 Å². The molecule has 0 aromatic heterocycles. The Balaban J connectivity index is 1.72. The highest BCUT2D eigenvalue weighted by molar-refractivity contribution is 7.48. The van der Waals surface area contributed by atoms with Gasteiger partial charge in [-0.2, -0.15) is 0 Å². The van der Waals surface area contributed by atoms with Crippen molar-refractivity contribution < 1.29 is 22.6 Å². The van der Waals surface area contributed by atoms with Crippen molar-refractivity contribution >= 4 is 7.82 Å². The highest BCUT2D eigenvalue weighted by Gasteiger charge is 2.33. The second-order valence-electron chi connectivity index (χ2n) is 4.44. The van der Waals surface area contributed by atoms with Crippen LogP contribution in [0.4, 0.5) is 0 Å². The maximum atomic E-state index is 11.6. The Morgan fingerprint density at radius 2 is 1.87 bits per heavy atom. The molecule has 0 aromatic carbocycles. The lowest BCUT2D eigenvalue weighted by molar-refractivity contribution is -0.897. The minimum absolute atomic E-state index is 0.378. The van der Waals surface area contributed by atoms with E-state index in [0.717, 1.165) is 11.0 Å². The van der Waals surface area contributed by atoms with Gasteiger partial charge in [-0.25, -0.2) is 4.57 Å². The fourth-order valence-electron chi connectivity index (χ4n) is 2.11. The molecule has 15 heavy (non-hydrogen) atoms. The average molecular weight is 236 g/mol. The summed E-state index contributed by atoms with van der Waals surface area (Å²) in [4.78, 5) is 0. The summed E-state index contributed by atoms with van der Waals surface area (Å²) >= 11 is 0. The number of phosphoric acid groups is 1. The Morgan fingerprint density at radius 3 is 2.47 bits per heavy atom. The number of quaternary nitrogens is 1. The SMILES string of the molecule is C[N+]1(CCOP2(=O)OCCO2)CCCC1. The number of likely N-dealkylation sites (tertiary alicyclic amines) is 1. The zero-order valence-corrected chi connectivity index (χ0v) is 10.1. The zero-order chi connectivity index (χ0) is 10.8. The predicted octanol–water partition coefficient (Wildman–Crippen LogP) is 1.40. The molecule has 88 valence electrons. The summed E-state index contributed by atoms with van der Waals surface area (Å²) < 4.78 is 27.7. The number of rotatable bonds is 4. The van der Waals surface area contributed by atoms with Crippen LogP contribution >= 0.6 is 7.82 Å². The fourth-order valence-corrected chi connectivity index (χ4v) is 3.23. The van der Waals surface area contributed by atoms with E-state index in [9.17, 15) is 4.57 Å². The van der Waals surface area contributed by atoms with Gasteiger partial charge in [0.2, 0.25) is 0 Å². The molecule has 2 aliphatic rings. The number of phosphoric ester groups is 1. The summed E-state index contributed by atoms with van der Waals surface area (Å²) in [6.45, 7) is 4.47. The molecule has 0 bridgehead atoms. The zero-order valence-electron chi connectivity index (χ0n) is 9.18. The monoisotopic (exact) mass is 236 g/mol. The third-order valence-electron chi connectivity index (χ3n) is 3.11. The molecule has 2 aliphatic heterocycles. The smallest absolute Gasteiger partial charge is 0.324 e. The summed E-state index contributed by atoms with van der Waals surface area (Å²) in [6, 6.07) is 0. The Morgan fingerprint density at radius 1 is 1.27 bits per heavy atom. The van der Waals surface area contributed by atoms with Gasteiger partial charge >= 0.3 is 7.82 Å². The van der Waals surface area contributed by atoms with Crippen LogP contribution in [-0.2, 0) is 18.1 Å². The molecule has 0 N–H and O–H groups in total. The van der Waals surface area contributed by atoms with Gasteiger partial charge in [0.15, 0.2) is 0 Å². The number of likely N-dealkylation sites (N-methyl/N-ethyl adjacent to an activating group) is 1. The normalized spacial score (nSPS) is 28.3. The summed E-state index contributed by atoms with van der Waals surface area (Å²) in [6.07, 6.45) is 2.56. The molecule has 0 unspecified atom stereocenters. The molecule has 0 atom stereocenters. The van der Waals surface area contributed by atoms with E-state index in [0.29, 0.717) is 19.8 Å². The van der Waals surface area contributed by atoms with Crippen LogP contribution in [0.2, 0.25) is 0 Å². The third kappa shape index (κ3) is 3.02. The Hall–Kier alpha value is 0.0700. The standard InChI is InChI=1S/C9H19NO4P/c1-10(4-2-3-5-10)6-7-12-15(11)13-8-9-14-15/h2-9H2,1H3/q+1. The first-order chi connectivity index (χ1) is 7.12. The Bertz CT molecular complexity index is 255. The van der Waals surface area contributed by atoms with Gasteiger partial charge in [-0.1, -0.05) is 0 Å². The molecule has 0 radical (unpaired) electrons. The lowest BCUT2D eigenvalue weighted by atomic mass is 10.4. The molecule has 0 aliphatic carbocycles. The first kappa shape index (κ1) is 11.6. The van der Waals surface area contributed by atoms with E-state index in [4.69, 9.17) is 13.6 Å². The molecule has 0 aromatic rings. The van der Waals surface area contributed by atoms with Crippen LogP contribution in [0.1, 0.15) is 12.8 Å². The van der Waals surface area contributed by atoms with Crippen LogP contribution in [0, 0.1) is 0 Å². The van der Waals surface area contributed by atoms with Crippen LogP contribution < -0.4 is 0 Å². The molecule has 6 heteroatoms. The van der Waals surface area contributed by atoms with E-state index in [2.05, 4.69) is 7.05 Å². The summed E-state index contributed by atoms with van der Waals surface area (Å²) in [7, 11) is -0.956. The molecule has 2 heterocycles. The van der Waals surface area contributed by atoms with Crippen LogP contribution in [0.5, 0.6) is 0 Å². The summed E-state index contributed by atoms with van der Waals surface area (Å²) in [5.41, 5.74) is 0. The van der Waals surface area contributed by atoms with Crippen molar-refractivity contribution in [2.24, 2.45) is 0 Å². The fraction of sp³-hybridized carbons (Fsp3) is 1.00. The Labute approximate surface area is 90.5 Å². The van der Waals surface area contributed by atoms with Crippen LogP contribution in [-0.4, -0.2) is 51.0 Å². The molecule has 0 saturated carbocycles. The molecule has 2 saturated heterocycles. The topological polar surface area (TPSA) is 44.8 Å². The van der Waals surface area contributed by atoms with Crippen molar-refractivity contribution in [1.29, 1.82) is 0 Å². The second kappa shape index (κ2) is 4.52. The minimum atomic E-state index is -3.17. The molecule has 5 nitrogen and oxygen atoms in total. The van der Waals surface area contributed by atoms with Crippen LogP contribution in [0.25, 0.3) is 0 Å². The van der Waals surface area contributed by atoms with Crippen molar-refractivity contribution in [2.45, 2.75) is 12.8 Å². The van der Waals surface area contributed by atoms with E-state index >= 15 is 0 Å². The highest BCUT2D eigenvalue weighted by atomic mass is 31.2. The first-order valence-corrected chi connectivity index (χ1v) is 6.95. The van der Waals surface area contributed by atoms with E-state index < -0.39 is 7.82 Å². The van der Waals surface area contributed by atoms with Gasteiger partial charge in [0.05, 0.1) is 33.4 Å². The van der Waals surface area contributed by atoms with Crippen molar-refractivity contribution in [3.8, 4) is 0 Å². The van der Waals surface area contributed by atoms with Crippen molar-refractivity contribution in [1.82, 2.24) is 0 Å². The number of nitrogens with zero attached hydrogens (tertiary/aromatic N) is 1. The van der Waals surface area contributed by atoms with E-state index in [1.165, 1.54) is 25.9 Å². The average Bonchev–Trinajstić information content (AvgIpc) is 2.76. The van der Waals surface area contributed by atoms with Gasteiger partial charge < -0.3 is 4.48 Å². The van der Waals surface area contributed by atoms with Gasteiger partial charge in [0.1, 0.15) is 13.2 Å². The molecule has 2 fully saturated rings. The van der Waals surface area contributed by atoms with Crippen molar-refractivity contribution in [3.05, 3.63) is 0 Å². The van der Waals surface area contributed by atoms with Crippen LogP contribution in [0.3, 0.4) is 0 Å². The molecular formula is C9H19NO4P+. The van der Waals surface area contributed by atoms with Gasteiger partial charge in [-0.05, 0) is 0 Å². The minimum Gasteiger partial charge on any atom is -0.324 e. The Kier molecular flexibility index (Phi) is 3.48. The predicted molar refractivity (Wildman–Crippen MR) is 55.5 cm³/mol. The molecule has 0 spiro atoms. The first-order valence-electron chi connectivity index (χ1n) is 5.49. The quantitative estimate of drug-likeness (QED) is 0.546.